The molecule has 0 spiro atoms. The van der Waals surface area contributed by atoms with Crippen LogP contribution in [0.4, 0.5) is 10.3 Å². The van der Waals surface area contributed by atoms with Gasteiger partial charge in [0.05, 0.1) is 0 Å². The lowest BCUT2D eigenvalue weighted by Gasteiger charge is -2.03. The second-order valence-corrected chi connectivity index (χ2v) is 3.25. The normalized spacial score (nSPS) is 10.1. The van der Waals surface area contributed by atoms with Crippen LogP contribution in [0.2, 0.25) is 0 Å². The summed E-state index contributed by atoms with van der Waals surface area (Å²) in [6.45, 7) is 1.60. The van der Waals surface area contributed by atoms with Crippen LogP contribution >= 0.6 is 0 Å². The summed E-state index contributed by atoms with van der Waals surface area (Å²) in [6, 6.07) is 4.14. The minimum atomic E-state index is -0.361. The van der Waals surface area contributed by atoms with Gasteiger partial charge in [0.25, 0.3) is 5.91 Å². The molecule has 2 rings (SSSR count). The summed E-state index contributed by atoms with van der Waals surface area (Å²) in [4.78, 5) is 15.4. The van der Waals surface area contributed by atoms with Gasteiger partial charge in [-0.05, 0) is 30.7 Å². The van der Waals surface area contributed by atoms with Crippen LogP contribution in [0.5, 0.6) is 0 Å². The molecule has 0 aliphatic carbocycles. The number of aromatic amines is 1. The van der Waals surface area contributed by atoms with Crippen molar-refractivity contribution in [1.29, 1.82) is 0 Å². The van der Waals surface area contributed by atoms with Crippen LogP contribution < -0.4 is 5.32 Å². The smallest absolute Gasteiger partial charge is 0.258 e. The summed E-state index contributed by atoms with van der Waals surface area (Å²) in [7, 11) is 0. The monoisotopic (exact) mass is 220 g/mol. The molecule has 0 aliphatic rings. The maximum atomic E-state index is 13.0. The van der Waals surface area contributed by atoms with E-state index >= 15 is 0 Å². The molecular weight excluding hydrogens is 211 g/mol. The first kappa shape index (κ1) is 10.3. The molecule has 0 radical (unpaired) electrons. The van der Waals surface area contributed by atoms with Crippen molar-refractivity contribution in [3.8, 4) is 0 Å². The summed E-state index contributed by atoms with van der Waals surface area (Å²) >= 11 is 0. The molecule has 0 fully saturated rings. The lowest BCUT2D eigenvalue weighted by atomic mass is 10.1. The van der Waals surface area contributed by atoms with Crippen molar-refractivity contribution in [3.05, 3.63) is 41.5 Å². The highest BCUT2D eigenvalue weighted by Gasteiger charge is 2.08. The van der Waals surface area contributed by atoms with E-state index in [0.29, 0.717) is 11.1 Å². The predicted octanol–water partition coefficient (Wildman–Crippen LogP) is 1.50. The van der Waals surface area contributed by atoms with Gasteiger partial charge >= 0.3 is 0 Å². The maximum absolute atomic E-state index is 13.0. The molecule has 0 atom stereocenters. The largest absolute Gasteiger partial charge is 0.291 e. The molecule has 0 aliphatic heterocycles. The summed E-state index contributed by atoms with van der Waals surface area (Å²) in [5, 5.41) is 8.58. The summed E-state index contributed by atoms with van der Waals surface area (Å²) in [6.07, 6.45) is 1.28. The zero-order chi connectivity index (χ0) is 11.5. The number of carbonyl (C=O) groups excluding carboxylic acids is 1. The number of nitrogens with zero attached hydrogens (tertiary/aromatic N) is 2. The Labute approximate surface area is 90.7 Å². The van der Waals surface area contributed by atoms with E-state index in [9.17, 15) is 9.18 Å². The second-order valence-electron chi connectivity index (χ2n) is 3.25. The number of halogens is 1. The molecule has 0 bridgehead atoms. The lowest BCUT2D eigenvalue weighted by Crippen LogP contribution is -2.13. The van der Waals surface area contributed by atoms with Gasteiger partial charge in [0.2, 0.25) is 5.95 Å². The average molecular weight is 220 g/mol. The summed E-state index contributed by atoms with van der Waals surface area (Å²) in [5.74, 6) is -0.442. The van der Waals surface area contributed by atoms with E-state index in [-0.39, 0.29) is 17.7 Å². The third-order valence-electron chi connectivity index (χ3n) is 2.07. The van der Waals surface area contributed by atoms with Crippen molar-refractivity contribution in [2.45, 2.75) is 6.92 Å². The Morgan fingerprint density at radius 2 is 2.31 bits per heavy atom. The minimum absolute atomic E-state index is 0.256. The molecule has 2 N–H and O–H groups in total. The van der Waals surface area contributed by atoms with Crippen molar-refractivity contribution in [2.75, 3.05) is 5.32 Å². The van der Waals surface area contributed by atoms with Crippen molar-refractivity contribution >= 4 is 11.9 Å². The number of benzene rings is 1. The highest BCUT2D eigenvalue weighted by Crippen LogP contribution is 2.10. The topological polar surface area (TPSA) is 70.7 Å². The molecule has 1 heterocycles. The Hall–Kier alpha value is -2.24. The van der Waals surface area contributed by atoms with Crippen LogP contribution in [0, 0.1) is 12.7 Å². The van der Waals surface area contributed by atoms with E-state index in [1.165, 1.54) is 24.5 Å². The van der Waals surface area contributed by atoms with Gasteiger partial charge in [0, 0.05) is 5.56 Å². The number of aromatic nitrogens is 3. The van der Waals surface area contributed by atoms with Crippen LogP contribution in [-0.2, 0) is 0 Å². The number of hydrogen-bond donors (Lipinski definition) is 2. The minimum Gasteiger partial charge on any atom is -0.291 e. The van der Waals surface area contributed by atoms with Gasteiger partial charge in [0.1, 0.15) is 12.1 Å². The maximum Gasteiger partial charge on any atom is 0.258 e. The van der Waals surface area contributed by atoms with Crippen molar-refractivity contribution in [1.82, 2.24) is 15.2 Å². The van der Waals surface area contributed by atoms with Crippen LogP contribution in [0.15, 0.2) is 24.5 Å². The third kappa shape index (κ3) is 2.05. The molecule has 1 amide bonds. The number of carbonyl (C=O) groups is 1. The van der Waals surface area contributed by atoms with Gasteiger partial charge in [-0.1, -0.05) is 0 Å². The summed E-state index contributed by atoms with van der Waals surface area (Å²) in [5.41, 5.74) is 0.792. The highest BCUT2D eigenvalue weighted by atomic mass is 19.1. The van der Waals surface area contributed by atoms with Gasteiger partial charge < -0.3 is 0 Å². The fourth-order valence-corrected chi connectivity index (χ4v) is 1.23. The first-order chi connectivity index (χ1) is 7.66. The van der Waals surface area contributed by atoms with E-state index in [2.05, 4.69) is 20.5 Å². The number of aryl methyl sites for hydroxylation is 1. The first-order valence-electron chi connectivity index (χ1n) is 4.59. The SMILES string of the molecule is Cc1cc(C(=O)Nc2ncn[nH]2)ccc1F. The second kappa shape index (κ2) is 4.09. The molecule has 1 aromatic heterocycles. The molecular formula is C10H9FN4O. The quantitative estimate of drug-likeness (QED) is 0.805. The van der Waals surface area contributed by atoms with Crippen LogP contribution in [0.1, 0.15) is 15.9 Å². The van der Waals surface area contributed by atoms with Gasteiger partial charge in [-0.3, -0.25) is 10.1 Å². The third-order valence-corrected chi connectivity index (χ3v) is 2.07. The molecule has 0 unspecified atom stereocenters. The molecule has 0 saturated heterocycles. The molecule has 1 aromatic carbocycles. The number of hydrogen-bond acceptors (Lipinski definition) is 3. The summed E-state index contributed by atoms with van der Waals surface area (Å²) < 4.78 is 13.0. The van der Waals surface area contributed by atoms with Gasteiger partial charge in [-0.2, -0.15) is 10.1 Å². The lowest BCUT2D eigenvalue weighted by molar-refractivity contribution is 0.102. The van der Waals surface area contributed by atoms with Crippen LogP contribution in [0.3, 0.4) is 0 Å². The first-order valence-corrected chi connectivity index (χ1v) is 4.59. The Bertz CT molecular complexity index is 510. The number of anilines is 1. The number of amides is 1. The fourth-order valence-electron chi connectivity index (χ4n) is 1.23. The van der Waals surface area contributed by atoms with E-state index in [4.69, 9.17) is 0 Å². The van der Waals surface area contributed by atoms with E-state index < -0.39 is 0 Å². The van der Waals surface area contributed by atoms with Gasteiger partial charge in [0.15, 0.2) is 0 Å². The Morgan fingerprint density at radius 1 is 1.50 bits per heavy atom. The standard InChI is InChI=1S/C10H9FN4O/c1-6-4-7(2-3-8(6)11)9(16)14-10-12-5-13-15-10/h2-5H,1H3,(H2,12,13,14,15,16). The average Bonchev–Trinajstić information content (AvgIpc) is 2.74. The van der Waals surface area contributed by atoms with E-state index in [1.54, 1.807) is 6.92 Å². The molecule has 6 heteroatoms. The number of nitrogens with one attached hydrogen (secondary N) is 2. The molecule has 82 valence electrons. The molecule has 0 saturated carbocycles. The zero-order valence-corrected chi connectivity index (χ0v) is 8.49. The molecule has 2 aromatic rings. The van der Waals surface area contributed by atoms with Crippen LogP contribution in [0.25, 0.3) is 0 Å². The van der Waals surface area contributed by atoms with Crippen molar-refractivity contribution in [2.24, 2.45) is 0 Å². The Morgan fingerprint density at radius 3 is 2.94 bits per heavy atom. The Kier molecular flexibility index (Phi) is 2.63. The molecule has 5 nitrogen and oxygen atoms in total. The van der Waals surface area contributed by atoms with E-state index in [1.807, 2.05) is 0 Å². The van der Waals surface area contributed by atoms with Crippen LogP contribution in [-0.4, -0.2) is 21.1 Å². The van der Waals surface area contributed by atoms with Gasteiger partial charge in [-0.15, -0.1) is 0 Å². The fraction of sp³-hybridized carbons (Fsp3) is 0.100. The molecule has 16 heavy (non-hydrogen) atoms. The van der Waals surface area contributed by atoms with Crippen molar-refractivity contribution in [3.63, 3.8) is 0 Å². The Balaban J connectivity index is 2.18. The van der Waals surface area contributed by atoms with Gasteiger partial charge in [-0.25, -0.2) is 9.49 Å². The number of H-pyrrole nitrogens is 1. The highest BCUT2D eigenvalue weighted by molar-refractivity contribution is 6.03. The number of rotatable bonds is 2. The van der Waals surface area contributed by atoms with Crippen molar-refractivity contribution < 1.29 is 9.18 Å². The van der Waals surface area contributed by atoms with E-state index in [0.717, 1.165) is 0 Å². The zero-order valence-electron chi connectivity index (χ0n) is 8.49. The predicted molar refractivity (Wildman–Crippen MR) is 55.5 cm³/mol.